The van der Waals surface area contributed by atoms with Crippen LogP contribution in [0.1, 0.15) is 94.1 Å². The molecule has 0 aliphatic carbocycles. The molecule has 10 nitrogen and oxygen atoms in total. The smallest absolute Gasteiger partial charge is 0.338 e. The normalized spacial score (nSPS) is 17.4. The molecule has 0 amide bonds. The molecule has 7 N–H and O–H groups in total. The summed E-state index contributed by atoms with van der Waals surface area (Å²) in [7, 11) is 0. The number of hydrogen-bond donors (Lipinski definition) is 7. The highest BCUT2D eigenvalue weighted by molar-refractivity contribution is 5.99. The summed E-state index contributed by atoms with van der Waals surface area (Å²) in [6.07, 6.45) is 8.10. The molecule has 0 radical (unpaired) electrons. The van der Waals surface area contributed by atoms with Gasteiger partial charge in [0.15, 0.2) is 0 Å². The molecule has 0 spiro atoms. The third-order valence-corrected chi connectivity index (χ3v) is 9.12. The number of aliphatic carboxylic acids is 2. The van der Waals surface area contributed by atoms with Crippen molar-refractivity contribution >= 4 is 47.8 Å². The van der Waals surface area contributed by atoms with Crippen LogP contribution in [0.15, 0.2) is 18.0 Å². The van der Waals surface area contributed by atoms with Gasteiger partial charge in [0.25, 0.3) is 0 Å². The van der Waals surface area contributed by atoms with Crippen LogP contribution in [-0.4, -0.2) is 48.2 Å². The third-order valence-electron chi connectivity index (χ3n) is 9.12. The van der Waals surface area contributed by atoms with Gasteiger partial charge in [0, 0.05) is 68.6 Å². The molecule has 3 aromatic rings. The first-order valence-corrected chi connectivity index (χ1v) is 14.7. The number of aromatic carboxylic acids is 1. The minimum atomic E-state index is -1.18. The summed E-state index contributed by atoms with van der Waals surface area (Å²) in [5.74, 6) is -3.87. The van der Waals surface area contributed by atoms with Crippen molar-refractivity contribution in [3.05, 3.63) is 84.8 Å². The fourth-order valence-electron chi connectivity index (χ4n) is 6.71. The van der Waals surface area contributed by atoms with Crippen LogP contribution in [0.4, 0.5) is 0 Å². The molecule has 2 aliphatic heterocycles. The van der Waals surface area contributed by atoms with E-state index in [1.54, 1.807) is 6.92 Å². The zero-order chi connectivity index (χ0) is 32.0. The SMILES string of the molecule is C=Cc1c2[nH]c(c1C)C=C1NC(=C(CC(=O)O)c3[nH]c(c(C)c3C(=O)O)C=c3[nH]c(c(C)c3CC)=C2)[C@@H](CCC(=O)O)C1C. The van der Waals surface area contributed by atoms with Gasteiger partial charge in [-0.2, -0.15) is 0 Å². The van der Waals surface area contributed by atoms with Crippen molar-refractivity contribution in [2.45, 2.75) is 60.3 Å². The van der Waals surface area contributed by atoms with E-state index in [-0.39, 0.29) is 35.9 Å². The van der Waals surface area contributed by atoms with Gasteiger partial charge in [0.05, 0.1) is 17.7 Å². The summed E-state index contributed by atoms with van der Waals surface area (Å²) in [6.45, 7) is 13.8. The minimum absolute atomic E-state index is 0.0126. The molecule has 2 atom stereocenters. The van der Waals surface area contributed by atoms with Crippen molar-refractivity contribution in [3.8, 4) is 0 Å². The number of hydrogen-bond acceptors (Lipinski definition) is 4. The Kier molecular flexibility index (Phi) is 8.03. The van der Waals surface area contributed by atoms with Gasteiger partial charge in [-0.3, -0.25) is 9.59 Å². The Bertz CT molecular complexity index is 1910. The zero-order valence-corrected chi connectivity index (χ0v) is 25.6. The lowest BCUT2D eigenvalue weighted by atomic mass is 9.85. The lowest BCUT2D eigenvalue weighted by Crippen LogP contribution is -2.16. The first-order chi connectivity index (χ1) is 20.9. The highest BCUT2D eigenvalue weighted by Gasteiger charge is 2.37. The molecule has 1 saturated heterocycles. The van der Waals surface area contributed by atoms with Gasteiger partial charge >= 0.3 is 17.9 Å². The number of allylic oxidation sites excluding steroid dienone is 2. The highest BCUT2D eigenvalue weighted by Crippen LogP contribution is 2.42. The van der Waals surface area contributed by atoms with E-state index in [4.69, 9.17) is 0 Å². The van der Waals surface area contributed by atoms with Gasteiger partial charge in [-0.25, -0.2) is 4.79 Å². The van der Waals surface area contributed by atoms with Crippen LogP contribution in [0.2, 0.25) is 0 Å². The first kappa shape index (κ1) is 30.5. The third kappa shape index (κ3) is 5.21. The maximum atomic E-state index is 12.7. The molecule has 8 bridgehead atoms. The van der Waals surface area contributed by atoms with E-state index < -0.39 is 24.3 Å². The molecular formula is C34H38N4O6. The lowest BCUT2D eigenvalue weighted by Gasteiger charge is -2.18. The van der Waals surface area contributed by atoms with Crippen LogP contribution < -0.4 is 16.0 Å². The van der Waals surface area contributed by atoms with E-state index in [2.05, 4.69) is 39.8 Å². The Balaban J connectivity index is 1.94. The summed E-state index contributed by atoms with van der Waals surface area (Å²) >= 11 is 0. The summed E-state index contributed by atoms with van der Waals surface area (Å²) in [5.41, 5.74) is 8.56. The molecule has 1 fully saturated rings. The molecule has 1 unspecified atom stereocenters. The van der Waals surface area contributed by atoms with Gasteiger partial charge < -0.3 is 35.6 Å². The number of carbonyl (C=O) groups is 3. The second kappa shape index (κ2) is 11.6. The first-order valence-electron chi connectivity index (χ1n) is 14.7. The summed E-state index contributed by atoms with van der Waals surface area (Å²) in [4.78, 5) is 47.0. The highest BCUT2D eigenvalue weighted by atomic mass is 16.4. The number of fused-ring (bicyclic) bond motifs is 8. The molecule has 44 heavy (non-hydrogen) atoms. The summed E-state index contributed by atoms with van der Waals surface area (Å²) < 4.78 is 0. The monoisotopic (exact) mass is 598 g/mol. The quantitative estimate of drug-likeness (QED) is 0.201. The largest absolute Gasteiger partial charge is 0.481 e. The van der Waals surface area contributed by atoms with E-state index >= 15 is 0 Å². The van der Waals surface area contributed by atoms with Crippen LogP contribution in [-0.2, 0) is 16.0 Å². The van der Waals surface area contributed by atoms with Gasteiger partial charge in [-0.1, -0.05) is 26.5 Å². The summed E-state index contributed by atoms with van der Waals surface area (Å²) in [6, 6.07) is 0. The van der Waals surface area contributed by atoms with Crippen molar-refractivity contribution in [1.29, 1.82) is 0 Å². The van der Waals surface area contributed by atoms with Crippen molar-refractivity contribution in [3.63, 3.8) is 0 Å². The van der Waals surface area contributed by atoms with Crippen LogP contribution in [0.5, 0.6) is 0 Å². The predicted octanol–water partition coefficient (Wildman–Crippen LogP) is 4.42. The average molecular weight is 599 g/mol. The van der Waals surface area contributed by atoms with E-state index in [0.29, 0.717) is 22.5 Å². The Morgan fingerprint density at radius 1 is 0.886 bits per heavy atom. The average Bonchev–Trinajstić information content (AvgIpc) is 3.63. The number of nitrogens with one attached hydrogen (secondary N) is 4. The van der Waals surface area contributed by atoms with E-state index in [1.165, 1.54) is 0 Å². The van der Waals surface area contributed by atoms with Gasteiger partial charge in [-0.15, -0.1) is 0 Å². The molecule has 5 rings (SSSR count). The number of H-pyrrole nitrogens is 3. The van der Waals surface area contributed by atoms with E-state index in [9.17, 15) is 29.7 Å². The summed E-state index contributed by atoms with van der Waals surface area (Å²) in [5, 5.41) is 35.1. The molecule has 5 heterocycles. The predicted molar refractivity (Wildman–Crippen MR) is 169 cm³/mol. The second-order valence-corrected chi connectivity index (χ2v) is 11.6. The maximum Gasteiger partial charge on any atom is 0.338 e. The van der Waals surface area contributed by atoms with E-state index in [1.807, 2.05) is 39.0 Å². The standard InChI is InChI=1S/C34H38N4O6/c1-7-19-15(3)23-12-25-17(5)21(9-10-29(39)40)32(37-25)22(11-30(41)42)33-31(34(43)44)18(6)26(38-33)14-28-20(8-2)16(4)24(36-28)13-27(19)35-23/h7,12-14,17,21,35-38H,1,8-11H2,2-6H3,(H,39,40)(H,41,42)(H,43,44)/t17?,21-/m0/s1. The molecule has 3 aromatic heterocycles. The topological polar surface area (TPSA) is 171 Å². The number of aromatic amines is 3. The fraction of sp³-hybridized carbons (Fsp3) is 0.324. The molecule has 10 heteroatoms. The number of rotatable bonds is 8. The number of carboxylic acids is 3. The van der Waals surface area contributed by atoms with Gasteiger partial charge in [-0.05, 0) is 74.1 Å². The van der Waals surface area contributed by atoms with E-state index in [0.717, 1.165) is 56.5 Å². The van der Waals surface area contributed by atoms with Crippen LogP contribution in [0, 0.1) is 32.6 Å². The zero-order valence-electron chi connectivity index (χ0n) is 25.6. The molecule has 230 valence electrons. The minimum Gasteiger partial charge on any atom is -0.481 e. The number of aromatic nitrogens is 3. The van der Waals surface area contributed by atoms with Crippen LogP contribution in [0.25, 0.3) is 29.9 Å². The van der Waals surface area contributed by atoms with Crippen molar-refractivity contribution in [2.75, 3.05) is 0 Å². The lowest BCUT2D eigenvalue weighted by molar-refractivity contribution is -0.137. The second-order valence-electron chi connectivity index (χ2n) is 11.6. The Labute approximate surface area is 254 Å². The molecule has 0 aromatic carbocycles. The molecule has 2 aliphatic rings. The van der Waals surface area contributed by atoms with Crippen LogP contribution >= 0.6 is 0 Å². The van der Waals surface area contributed by atoms with Crippen LogP contribution in [0.3, 0.4) is 0 Å². The Morgan fingerprint density at radius 2 is 1.57 bits per heavy atom. The van der Waals surface area contributed by atoms with Gasteiger partial charge in [0.2, 0.25) is 0 Å². The molecule has 0 saturated carbocycles. The van der Waals surface area contributed by atoms with Gasteiger partial charge in [0.1, 0.15) is 0 Å². The maximum absolute atomic E-state index is 12.7. The van der Waals surface area contributed by atoms with Crippen molar-refractivity contribution in [2.24, 2.45) is 11.8 Å². The fourth-order valence-corrected chi connectivity index (χ4v) is 6.71. The van der Waals surface area contributed by atoms with Crippen molar-refractivity contribution in [1.82, 2.24) is 20.3 Å². The molecular weight excluding hydrogens is 560 g/mol. The Hall–Kier alpha value is -4.99. The van der Waals surface area contributed by atoms with Crippen molar-refractivity contribution < 1.29 is 29.7 Å². The Morgan fingerprint density at radius 3 is 2.18 bits per heavy atom. The number of carboxylic acid groups (broad SMARTS) is 3.